The zero-order chi connectivity index (χ0) is 43.9. The fourth-order valence-electron chi connectivity index (χ4n) is 6.68. The van der Waals surface area contributed by atoms with Crippen LogP contribution in [0.25, 0.3) is 11.1 Å². The molecule has 1 heterocycles. The van der Waals surface area contributed by atoms with Crippen LogP contribution in [0, 0.1) is 25.2 Å². The van der Waals surface area contributed by atoms with Gasteiger partial charge in [-0.25, -0.2) is 0 Å². The first-order chi connectivity index (χ1) is 28.7. The van der Waals surface area contributed by atoms with Gasteiger partial charge in [-0.15, -0.1) is 0 Å². The predicted octanol–water partition coefficient (Wildman–Crippen LogP) is -0.406. The number of nitrogens with zero attached hydrogens (tertiary/aromatic N) is 2. The van der Waals surface area contributed by atoms with E-state index in [4.69, 9.17) is 31.9 Å². The van der Waals surface area contributed by atoms with Crippen molar-refractivity contribution in [3.63, 3.8) is 0 Å². The van der Waals surface area contributed by atoms with Crippen LogP contribution in [0.15, 0.2) is 54.6 Å². The molecule has 18 nitrogen and oxygen atoms in total. The highest BCUT2D eigenvalue weighted by molar-refractivity contribution is 6.00. The molecule has 1 aliphatic heterocycles. The molecular formula is C42H54N10O8. The van der Waals surface area contributed by atoms with Crippen molar-refractivity contribution >= 4 is 35.4 Å². The lowest BCUT2D eigenvalue weighted by Crippen LogP contribution is -2.56. The van der Waals surface area contributed by atoms with Crippen LogP contribution >= 0.6 is 0 Å². The molecular weight excluding hydrogens is 773 g/mol. The maximum Gasteiger partial charge on any atom is 0.252 e. The lowest BCUT2D eigenvalue weighted by molar-refractivity contribution is -0.141. The second-order valence-electron chi connectivity index (χ2n) is 14.3. The molecule has 0 spiro atoms. The van der Waals surface area contributed by atoms with E-state index >= 15 is 0 Å². The zero-order valence-corrected chi connectivity index (χ0v) is 34.3. The minimum absolute atomic E-state index is 0.0317. The average molecular weight is 827 g/mol. The quantitative estimate of drug-likeness (QED) is 0.0857. The number of carbonyl (C=O) groups is 6. The molecule has 60 heavy (non-hydrogen) atoms. The first-order valence-corrected chi connectivity index (χ1v) is 19.5. The van der Waals surface area contributed by atoms with Crippen LogP contribution < -0.4 is 53.3 Å². The second kappa shape index (κ2) is 22.0. The van der Waals surface area contributed by atoms with Crippen LogP contribution in [0.3, 0.4) is 0 Å². The molecule has 11 N–H and O–H groups in total. The Balaban J connectivity index is 1.85. The third-order valence-electron chi connectivity index (χ3n) is 9.69. The molecule has 0 aliphatic carbocycles. The first-order valence-electron chi connectivity index (χ1n) is 19.5. The smallest absolute Gasteiger partial charge is 0.252 e. The van der Waals surface area contributed by atoms with Crippen LogP contribution in [0.2, 0.25) is 0 Å². The van der Waals surface area contributed by atoms with E-state index < -0.39 is 66.2 Å². The van der Waals surface area contributed by atoms with Crippen molar-refractivity contribution in [2.75, 3.05) is 53.0 Å². The number of amides is 6. The summed E-state index contributed by atoms with van der Waals surface area (Å²) in [7, 11) is 1.41. The van der Waals surface area contributed by atoms with Crippen LogP contribution in [0.4, 0.5) is 0 Å². The maximum atomic E-state index is 14.5. The number of nitrogens with two attached hydrogens (primary N) is 3. The van der Waals surface area contributed by atoms with Crippen molar-refractivity contribution in [1.82, 2.24) is 31.5 Å². The van der Waals surface area contributed by atoms with Gasteiger partial charge in [0.25, 0.3) is 5.91 Å². The van der Waals surface area contributed by atoms with Gasteiger partial charge in [0.1, 0.15) is 55.4 Å². The van der Waals surface area contributed by atoms with Gasteiger partial charge < -0.3 is 58.2 Å². The number of rotatable bonds is 16. The van der Waals surface area contributed by atoms with E-state index in [-0.39, 0.29) is 52.2 Å². The third-order valence-corrected chi connectivity index (χ3v) is 9.69. The van der Waals surface area contributed by atoms with E-state index in [1.165, 1.54) is 18.9 Å². The Kier molecular flexibility index (Phi) is 16.9. The maximum absolute atomic E-state index is 14.5. The van der Waals surface area contributed by atoms with Crippen LogP contribution in [0.5, 0.6) is 11.5 Å². The molecule has 1 aliphatic rings. The molecule has 6 amide bonds. The number of benzene rings is 3. The summed E-state index contributed by atoms with van der Waals surface area (Å²) in [6.45, 7) is 5.04. The molecule has 0 saturated heterocycles. The Hall–Kier alpha value is -6.55. The number of nitrogens with one attached hydrogen (secondary N) is 5. The van der Waals surface area contributed by atoms with Crippen LogP contribution in [0.1, 0.15) is 52.0 Å². The molecule has 4 rings (SSSR count). The summed E-state index contributed by atoms with van der Waals surface area (Å²) < 4.78 is 12.1. The fraction of sp³-hybridized carbons (Fsp3) is 0.405. The third kappa shape index (κ3) is 12.0. The van der Waals surface area contributed by atoms with E-state index in [1.807, 2.05) is 13.0 Å². The normalized spacial score (nSPS) is 16.7. The van der Waals surface area contributed by atoms with Gasteiger partial charge in [0.2, 0.25) is 29.5 Å². The van der Waals surface area contributed by atoms with Crippen LogP contribution in [-0.2, 0) is 30.4 Å². The lowest BCUT2D eigenvalue weighted by atomic mass is 9.93. The van der Waals surface area contributed by atoms with Gasteiger partial charge in [-0.1, -0.05) is 29.8 Å². The summed E-state index contributed by atoms with van der Waals surface area (Å²) in [6.07, 6.45) is -0.0146. The standard InChI is InChI=1S/C42H54N10O8/c1-24-5-8-29(25(2)19-24)39(55)50-32(11-12-43)42(58)52(4)37-28-7-10-35(60-18-15-46)31(22-28)30-20-27(6-9-34(30)59-17-14-45)21-33(51-38(54)26(3)49-41(37)57)40(56)48-23-36(53)47-16-13-44/h5-10,19-20,22,26,32-33,37H,11-12,14-18,21,23,43,45-46H2,1-4H3,(H,47,53)(H,48,56)(H,49,57)(H,50,55)(H,51,54)/t26-,32-,33-,37-/m0/s1. The van der Waals surface area contributed by atoms with Gasteiger partial charge >= 0.3 is 0 Å². The highest BCUT2D eigenvalue weighted by atomic mass is 16.5. The van der Waals surface area contributed by atoms with Gasteiger partial charge in [0, 0.05) is 43.2 Å². The summed E-state index contributed by atoms with van der Waals surface area (Å²) in [5.41, 5.74) is 21.4. The largest absolute Gasteiger partial charge is 0.492 e. The van der Waals surface area contributed by atoms with Crippen molar-refractivity contribution in [3.05, 3.63) is 82.4 Å². The van der Waals surface area contributed by atoms with Crippen molar-refractivity contribution < 1.29 is 38.2 Å². The SMILES string of the molecule is Cc1ccc(C(=O)N[C@@H](CCN)C(=O)N(C)[C@@H]2C(=O)N[C@@H](C)C(=O)N[C@H](C(=O)NCC(=O)NCC#N)Cc3ccc(OCCN)c(c3)-c3cc2ccc3OCCN)c(C)c1. The highest BCUT2D eigenvalue weighted by Gasteiger charge is 2.36. The lowest BCUT2D eigenvalue weighted by Gasteiger charge is -2.32. The molecule has 0 fully saturated rings. The molecule has 4 atom stereocenters. The number of ether oxygens (including phenoxy) is 2. The van der Waals surface area contributed by atoms with Gasteiger partial charge in [0.15, 0.2) is 0 Å². The number of fused-ring (bicyclic) bond motifs is 5. The molecule has 3 aromatic carbocycles. The number of carbonyl (C=O) groups excluding carboxylic acids is 6. The molecule has 0 aromatic heterocycles. The Morgan fingerprint density at radius 2 is 1.55 bits per heavy atom. The molecule has 18 heteroatoms. The van der Waals surface area contributed by atoms with Crippen molar-refractivity contribution in [1.29, 1.82) is 5.26 Å². The number of hydrogen-bond donors (Lipinski definition) is 8. The number of likely N-dealkylation sites (N-methyl/N-ethyl adjacent to an activating group) is 1. The first kappa shape index (κ1) is 46.1. The van der Waals surface area contributed by atoms with E-state index in [0.29, 0.717) is 44.9 Å². The van der Waals surface area contributed by atoms with E-state index in [2.05, 4.69) is 26.6 Å². The monoisotopic (exact) mass is 826 g/mol. The molecule has 320 valence electrons. The number of nitriles is 1. The van der Waals surface area contributed by atoms with Crippen molar-refractivity contribution in [3.8, 4) is 28.7 Å². The fourth-order valence-corrected chi connectivity index (χ4v) is 6.68. The van der Waals surface area contributed by atoms with Crippen molar-refractivity contribution in [2.45, 2.75) is 57.8 Å². The Bertz CT molecular complexity index is 2100. The summed E-state index contributed by atoms with van der Waals surface area (Å²) in [5, 5.41) is 21.8. The van der Waals surface area contributed by atoms with E-state index in [9.17, 15) is 28.8 Å². The van der Waals surface area contributed by atoms with E-state index in [1.54, 1.807) is 61.5 Å². The van der Waals surface area contributed by atoms with E-state index in [0.717, 1.165) is 5.56 Å². The Labute approximate surface area is 348 Å². The summed E-state index contributed by atoms with van der Waals surface area (Å²) in [5.74, 6) is -3.22. The zero-order valence-electron chi connectivity index (χ0n) is 34.3. The summed E-state index contributed by atoms with van der Waals surface area (Å²) in [6, 6.07) is 12.1. The number of hydrogen-bond acceptors (Lipinski definition) is 12. The van der Waals surface area contributed by atoms with Gasteiger partial charge in [0.05, 0.1) is 12.6 Å². The second-order valence-corrected chi connectivity index (χ2v) is 14.3. The molecule has 0 radical (unpaired) electrons. The van der Waals surface area contributed by atoms with Gasteiger partial charge in [-0.3, -0.25) is 28.8 Å². The Morgan fingerprint density at radius 3 is 2.18 bits per heavy atom. The predicted molar refractivity (Wildman–Crippen MR) is 222 cm³/mol. The molecule has 0 unspecified atom stereocenters. The van der Waals surface area contributed by atoms with Crippen molar-refractivity contribution in [2.24, 2.45) is 17.2 Å². The highest BCUT2D eigenvalue weighted by Crippen LogP contribution is 2.40. The molecule has 4 bridgehead atoms. The van der Waals surface area contributed by atoms with Gasteiger partial charge in [-0.2, -0.15) is 5.26 Å². The topological polar surface area (TPSA) is 286 Å². The average Bonchev–Trinajstić information content (AvgIpc) is 3.22. The van der Waals surface area contributed by atoms with Crippen LogP contribution in [-0.4, -0.2) is 111 Å². The molecule has 0 saturated carbocycles. The summed E-state index contributed by atoms with van der Waals surface area (Å²) >= 11 is 0. The molecule has 3 aromatic rings. The minimum atomic E-state index is -1.39. The van der Waals surface area contributed by atoms with Gasteiger partial charge in [-0.05, 0) is 80.8 Å². The number of aryl methyl sites for hydroxylation is 2. The summed E-state index contributed by atoms with van der Waals surface area (Å²) in [4.78, 5) is 83.2. The minimum Gasteiger partial charge on any atom is -0.492 e. The Morgan fingerprint density at radius 1 is 0.883 bits per heavy atom.